The van der Waals surface area contributed by atoms with Crippen molar-refractivity contribution in [3.8, 4) is 11.5 Å². The Morgan fingerprint density at radius 3 is 2.78 bits per heavy atom. The van der Waals surface area contributed by atoms with E-state index in [-0.39, 0.29) is 18.3 Å². The lowest BCUT2D eigenvalue weighted by Gasteiger charge is -2.25. The molecule has 6 nitrogen and oxygen atoms in total. The van der Waals surface area contributed by atoms with Crippen LogP contribution in [0.15, 0.2) is 52.9 Å². The van der Waals surface area contributed by atoms with Crippen LogP contribution in [0, 0.1) is 5.82 Å². The predicted molar refractivity (Wildman–Crippen MR) is 101 cm³/mol. The van der Waals surface area contributed by atoms with Crippen molar-refractivity contribution in [2.75, 3.05) is 11.9 Å². The summed E-state index contributed by atoms with van der Waals surface area (Å²) < 4.78 is 24.9. The quantitative estimate of drug-likeness (QED) is 0.517. The molecule has 27 heavy (non-hydrogen) atoms. The van der Waals surface area contributed by atoms with Gasteiger partial charge in [-0.25, -0.2) is 4.39 Å². The summed E-state index contributed by atoms with van der Waals surface area (Å²) in [7, 11) is 0. The third kappa shape index (κ3) is 4.37. The van der Waals surface area contributed by atoms with Gasteiger partial charge < -0.3 is 9.47 Å². The van der Waals surface area contributed by atoms with Gasteiger partial charge in [-0.1, -0.05) is 47.4 Å². The SMILES string of the molecule is O=C(Nc1nnc(SCc2ccc(F)cc2)s1)[C@@H]1COc2ccccc2O1. The molecular formula is C18H14FN3O3S2. The molecule has 1 N–H and O–H groups in total. The number of ether oxygens (including phenoxy) is 2. The molecule has 1 aliphatic rings. The average Bonchev–Trinajstić information content (AvgIpc) is 3.14. The van der Waals surface area contributed by atoms with Gasteiger partial charge in [0, 0.05) is 5.75 Å². The van der Waals surface area contributed by atoms with Gasteiger partial charge in [0.1, 0.15) is 12.4 Å². The van der Waals surface area contributed by atoms with Crippen molar-refractivity contribution in [1.29, 1.82) is 0 Å². The first-order chi connectivity index (χ1) is 13.2. The number of thioether (sulfide) groups is 1. The number of hydrogen-bond acceptors (Lipinski definition) is 7. The van der Waals surface area contributed by atoms with Crippen molar-refractivity contribution in [2.24, 2.45) is 0 Å². The van der Waals surface area contributed by atoms with Gasteiger partial charge in [-0.2, -0.15) is 0 Å². The highest BCUT2D eigenvalue weighted by Gasteiger charge is 2.28. The number of carbonyl (C=O) groups is 1. The van der Waals surface area contributed by atoms with Crippen LogP contribution in [0.1, 0.15) is 5.56 Å². The number of aromatic nitrogens is 2. The highest BCUT2D eigenvalue weighted by molar-refractivity contribution is 8.00. The van der Waals surface area contributed by atoms with Crippen LogP contribution in [0.4, 0.5) is 9.52 Å². The number of rotatable bonds is 5. The number of anilines is 1. The number of nitrogens with one attached hydrogen (secondary N) is 1. The molecule has 2 aromatic carbocycles. The third-order valence-corrected chi connectivity index (χ3v) is 5.76. The average molecular weight is 403 g/mol. The van der Waals surface area contributed by atoms with Crippen LogP contribution in [0.3, 0.4) is 0 Å². The molecule has 0 saturated heterocycles. The van der Waals surface area contributed by atoms with Crippen molar-refractivity contribution >= 4 is 34.1 Å². The van der Waals surface area contributed by atoms with Gasteiger partial charge in [-0.05, 0) is 29.8 Å². The summed E-state index contributed by atoms with van der Waals surface area (Å²) >= 11 is 2.74. The van der Waals surface area contributed by atoms with Gasteiger partial charge in [0.2, 0.25) is 11.2 Å². The molecule has 4 rings (SSSR count). The fourth-order valence-electron chi connectivity index (χ4n) is 2.38. The number of halogens is 1. The topological polar surface area (TPSA) is 73.3 Å². The second-order valence-corrected chi connectivity index (χ2v) is 7.84. The van der Waals surface area contributed by atoms with Crippen LogP contribution >= 0.6 is 23.1 Å². The van der Waals surface area contributed by atoms with E-state index in [1.807, 2.05) is 12.1 Å². The molecule has 9 heteroatoms. The minimum atomic E-state index is -0.751. The van der Waals surface area contributed by atoms with Gasteiger partial charge in [0.25, 0.3) is 5.91 Å². The van der Waals surface area contributed by atoms with Crippen molar-refractivity contribution in [2.45, 2.75) is 16.2 Å². The molecule has 1 aliphatic heterocycles. The Morgan fingerprint density at radius 2 is 1.96 bits per heavy atom. The molecule has 138 valence electrons. The maximum Gasteiger partial charge on any atom is 0.270 e. The minimum Gasteiger partial charge on any atom is -0.485 e. The zero-order valence-corrected chi connectivity index (χ0v) is 15.6. The molecule has 0 spiro atoms. The molecule has 2 heterocycles. The second-order valence-electron chi connectivity index (χ2n) is 5.64. The van der Waals surface area contributed by atoms with Crippen LogP contribution in [0.2, 0.25) is 0 Å². The van der Waals surface area contributed by atoms with E-state index in [2.05, 4.69) is 15.5 Å². The molecule has 3 aromatic rings. The summed E-state index contributed by atoms with van der Waals surface area (Å²) in [5, 5.41) is 11.1. The Balaban J connectivity index is 1.32. The fraction of sp³-hybridized carbons (Fsp3) is 0.167. The summed E-state index contributed by atoms with van der Waals surface area (Å²) in [6.45, 7) is 0.133. The Kier molecular flexibility index (Phi) is 5.21. The van der Waals surface area contributed by atoms with Crippen molar-refractivity contribution in [1.82, 2.24) is 10.2 Å². The first-order valence-electron chi connectivity index (χ1n) is 8.07. The molecular weight excluding hydrogens is 389 g/mol. The van der Waals surface area contributed by atoms with Gasteiger partial charge in [-0.15, -0.1) is 10.2 Å². The Labute approximate surface area is 162 Å². The van der Waals surface area contributed by atoms with Crippen molar-refractivity contribution in [3.05, 3.63) is 59.9 Å². The fourth-order valence-corrected chi connectivity index (χ4v) is 4.09. The van der Waals surface area contributed by atoms with E-state index in [1.165, 1.54) is 35.2 Å². The van der Waals surface area contributed by atoms with E-state index in [0.717, 1.165) is 5.56 Å². The standard InChI is InChI=1S/C18H14FN3O3S2/c19-12-7-5-11(6-8-12)10-26-18-22-21-17(27-18)20-16(23)15-9-24-13-3-1-2-4-14(13)25-15/h1-8,15H,9-10H2,(H,20,21,23)/t15-/m0/s1. The number of benzene rings is 2. The van der Waals surface area contributed by atoms with E-state index in [0.29, 0.717) is 26.7 Å². The highest BCUT2D eigenvalue weighted by atomic mass is 32.2. The van der Waals surface area contributed by atoms with Gasteiger partial charge >= 0.3 is 0 Å². The number of carbonyl (C=O) groups excluding carboxylic acids is 1. The molecule has 0 radical (unpaired) electrons. The van der Waals surface area contributed by atoms with Crippen molar-refractivity contribution < 1.29 is 18.7 Å². The van der Waals surface area contributed by atoms with Crippen LogP contribution in [0.25, 0.3) is 0 Å². The number of fused-ring (bicyclic) bond motifs is 1. The molecule has 0 aliphatic carbocycles. The summed E-state index contributed by atoms with van der Waals surface area (Å²) in [6, 6.07) is 13.5. The van der Waals surface area contributed by atoms with E-state index in [4.69, 9.17) is 9.47 Å². The van der Waals surface area contributed by atoms with Gasteiger partial charge in [0.15, 0.2) is 15.8 Å². The highest BCUT2D eigenvalue weighted by Crippen LogP contribution is 2.32. The lowest BCUT2D eigenvalue weighted by Crippen LogP contribution is -2.40. The lowest BCUT2D eigenvalue weighted by molar-refractivity contribution is -0.125. The van der Waals surface area contributed by atoms with E-state index >= 15 is 0 Å². The maximum absolute atomic E-state index is 12.9. The first kappa shape index (κ1) is 17.7. The van der Waals surface area contributed by atoms with Crippen LogP contribution in [-0.4, -0.2) is 28.8 Å². The predicted octanol–water partition coefficient (Wildman–Crippen LogP) is 3.75. The molecule has 1 aromatic heterocycles. The molecule has 0 saturated carbocycles. The van der Waals surface area contributed by atoms with E-state index in [9.17, 15) is 9.18 Å². The molecule has 1 amide bonds. The summed E-state index contributed by atoms with van der Waals surface area (Å²) in [5.41, 5.74) is 0.980. The second kappa shape index (κ2) is 7.93. The zero-order chi connectivity index (χ0) is 18.6. The van der Waals surface area contributed by atoms with Gasteiger partial charge in [-0.3, -0.25) is 10.1 Å². The Morgan fingerprint density at radius 1 is 1.19 bits per heavy atom. The monoisotopic (exact) mass is 403 g/mol. The zero-order valence-electron chi connectivity index (χ0n) is 13.9. The van der Waals surface area contributed by atoms with E-state index < -0.39 is 6.10 Å². The normalized spacial score (nSPS) is 15.4. The van der Waals surface area contributed by atoms with Crippen molar-refractivity contribution in [3.63, 3.8) is 0 Å². The summed E-state index contributed by atoms with van der Waals surface area (Å²) in [5.74, 6) is 1.20. The summed E-state index contributed by atoms with van der Waals surface area (Å²) in [4.78, 5) is 12.4. The first-order valence-corrected chi connectivity index (χ1v) is 9.88. The third-order valence-electron chi connectivity index (χ3n) is 3.71. The Bertz CT molecular complexity index is 949. The molecule has 0 unspecified atom stereocenters. The lowest BCUT2D eigenvalue weighted by atomic mass is 10.2. The number of para-hydroxylation sites is 2. The summed E-state index contributed by atoms with van der Waals surface area (Å²) in [6.07, 6.45) is -0.751. The molecule has 1 atom stereocenters. The van der Waals surface area contributed by atoms with E-state index in [1.54, 1.807) is 24.3 Å². The molecule has 0 fully saturated rings. The van der Waals surface area contributed by atoms with Gasteiger partial charge in [0.05, 0.1) is 0 Å². The Hall–Kier alpha value is -2.65. The maximum atomic E-state index is 12.9. The number of nitrogens with zero attached hydrogens (tertiary/aromatic N) is 2. The molecule has 0 bridgehead atoms. The number of amides is 1. The largest absolute Gasteiger partial charge is 0.485 e. The van der Waals surface area contributed by atoms with Crippen LogP contribution < -0.4 is 14.8 Å². The van der Waals surface area contributed by atoms with Crippen LogP contribution in [0.5, 0.6) is 11.5 Å². The smallest absolute Gasteiger partial charge is 0.270 e. The van der Waals surface area contributed by atoms with Crippen LogP contribution in [-0.2, 0) is 10.5 Å². The minimum absolute atomic E-state index is 0.133. The number of hydrogen-bond donors (Lipinski definition) is 1.